The van der Waals surface area contributed by atoms with E-state index in [4.69, 9.17) is 11.0 Å². The van der Waals surface area contributed by atoms with E-state index in [1.807, 2.05) is 6.07 Å². The van der Waals surface area contributed by atoms with Gasteiger partial charge in [-0.2, -0.15) is 10.4 Å². The molecule has 0 saturated carbocycles. The van der Waals surface area contributed by atoms with Gasteiger partial charge >= 0.3 is 6.03 Å². The summed E-state index contributed by atoms with van der Waals surface area (Å²) in [6.07, 6.45) is 1.43. The second-order valence-corrected chi connectivity index (χ2v) is 3.16. The summed E-state index contributed by atoms with van der Waals surface area (Å²) in [4.78, 5) is 11.6. The molecule has 0 aliphatic rings. The molecule has 0 fully saturated rings. The normalized spacial score (nSPS) is 9.77. The molecular weight excluding hydrogens is 188 g/mol. The Kier molecular flexibility index (Phi) is 3.00. The average molecular weight is 194 g/mol. The Labute approximate surface area is 78.5 Å². The van der Waals surface area contributed by atoms with Crippen LogP contribution in [-0.4, -0.2) is 12.2 Å². The molecule has 0 aliphatic heterocycles. The maximum atomic E-state index is 10.2. The Hall–Kier alpha value is -1.87. The maximum absolute atomic E-state index is 10.2. The summed E-state index contributed by atoms with van der Waals surface area (Å²) in [5.41, 5.74) is 6.83. The fourth-order valence-corrected chi connectivity index (χ4v) is 1.32. The Balaban J connectivity index is 2.60. The van der Waals surface area contributed by atoms with E-state index in [0.29, 0.717) is 4.88 Å². The third-order valence-electron chi connectivity index (χ3n) is 1.10. The van der Waals surface area contributed by atoms with Gasteiger partial charge in [0.2, 0.25) is 0 Å². The summed E-state index contributed by atoms with van der Waals surface area (Å²) in [7, 11) is 0. The van der Waals surface area contributed by atoms with Crippen LogP contribution in [0.25, 0.3) is 0 Å². The lowest BCUT2D eigenvalue weighted by Gasteiger charge is -1.87. The molecule has 0 unspecified atom stereocenters. The molecule has 1 aromatic heterocycles. The van der Waals surface area contributed by atoms with Crippen LogP contribution in [0, 0.1) is 11.3 Å². The van der Waals surface area contributed by atoms with Gasteiger partial charge in [0.15, 0.2) is 0 Å². The SMILES string of the molecule is N#Cc1ccc(/C=N/NC(N)=O)s1. The van der Waals surface area contributed by atoms with Crippen LogP contribution in [0.4, 0.5) is 4.79 Å². The van der Waals surface area contributed by atoms with E-state index in [0.717, 1.165) is 4.88 Å². The molecule has 3 N–H and O–H groups in total. The number of amides is 2. The zero-order chi connectivity index (χ0) is 9.68. The summed E-state index contributed by atoms with van der Waals surface area (Å²) in [5, 5.41) is 12.0. The van der Waals surface area contributed by atoms with E-state index in [-0.39, 0.29) is 0 Å². The lowest BCUT2D eigenvalue weighted by Crippen LogP contribution is -2.24. The lowest BCUT2D eigenvalue weighted by atomic mass is 10.4. The highest BCUT2D eigenvalue weighted by Gasteiger charge is 1.95. The molecule has 0 saturated heterocycles. The molecule has 0 aliphatic carbocycles. The molecule has 6 heteroatoms. The van der Waals surface area contributed by atoms with Crippen LogP contribution in [0.1, 0.15) is 9.75 Å². The topological polar surface area (TPSA) is 91.3 Å². The minimum atomic E-state index is -0.715. The standard InChI is InChI=1S/C7H6N4OS/c8-3-5-1-2-6(13-5)4-10-11-7(9)12/h1-2,4H,(H3,9,11,12)/b10-4+. The minimum absolute atomic E-state index is 0.598. The van der Waals surface area contributed by atoms with E-state index in [9.17, 15) is 4.79 Å². The first-order valence-corrected chi connectivity index (χ1v) is 4.12. The number of hydrogen-bond acceptors (Lipinski definition) is 4. The average Bonchev–Trinajstić information content (AvgIpc) is 2.52. The van der Waals surface area contributed by atoms with Crippen molar-refractivity contribution in [1.82, 2.24) is 5.43 Å². The molecule has 5 nitrogen and oxygen atoms in total. The van der Waals surface area contributed by atoms with Crippen molar-refractivity contribution in [2.24, 2.45) is 10.8 Å². The van der Waals surface area contributed by atoms with Gasteiger partial charge in [-0.05, 0) is 12.1 Å². The Morgan fingerprint density at radius 1 is 1.77 bits per heavy atom. The van der Waals surface area contributed by atoms with E-state index in [2.05, 4.69) is 10.5 Å². The fraction of sp³-hybridized carbons (Fsp3) is 0. The molecule has 0 bridgehead atoms. The molecule has 1 rings (SSSR count). The van der Waals surface area contributed by atoms with Gasteiger partial charge < -0.3 is 5.73 Å². The smallest absolute Gasteiger partial charge is 0.332 e. The summed E-state index contributed by atoms with van der Waals surface area (Å²) in [6, 6.07) is 4.69. The van der Waals surface area contributed by atoms with Crippen LogP contribution < -0.4 is 11.2 Å². The van der Waals surface area contributed by atoms with Crippen molar-refractivity contribution in [2.75, 3.05) is 0 Å². The van der Waals surface area contributed by atoms with Crippen molar-refractivity contribution in [3.63, 3.8) is 0 Å². The predicted molar refractivity (Wildman–Crippen MR) is 49.3 cm³/mol. The van der Waals surface area contributed by atoms with Gasteiger partial charge in [-0.3, -0.25) is 0 Å². The summed E-state index contributed by atoms with van der Waals surface area (Å²) >= 11 is 1.28. The Morgan fingerprint density at radius 2 is 2.54 bits per heavy atom. The molecule has 0 atom stereocenters. The number of hydrazone groups is 1. The number of urea groups is 1. The molecule has 1 aromatic rings. The highest BCUT2D eigenvalue weighted by atomic mass is 32.1. The molecule has 0 aromatic carbocycles. The summed E-state index contributed by atoms with van der Waals surface area (Å²) < 4.78 is 0. The van der Waals surface area contributed by atoms with Gasteiger partial charge in [-0.1, -0.05) is 0 Å². The second-order valence-electron chi connectivity index (χ2n) is 2.05. The van der Waals surface area contributed by atoms with Crippen LogP contribution >= 0.6 is 11.3 Å². The number of carbonyl (C=O) groups is 1. The van der Waals surface area contributed by atoms with Crippen LogP contribution in [0.15, 0.2) is 17.2 Å². The number of nitrogens with two attached hydrogens (primary N) is 1. The fourth-order valence-electron chi connectivity index (χ4n) is 0.642. The Morgan fingerprint density at radius 3 is 3.08 bits per heavy atom. The van der Waals surface area contributed by atoms with Gasteiger partial charge in [0.05, 0.1) is 6.21 Å². The quantitative estimate of drug-likeness (QED) is 0.533. The van der Waals surface area contributed by atoms with Crippen LogP contribution in [0.2, 0.25) is 0 Å². The lowest BCUT2D eigenvalue weighted by molar-refractivity contribution is 0.249. The van der Waals surface area contributed by atoms with Gasteiger partial charge in [-0.15, -0.1) is 11.3 Å². The van der Waals surface area contributed by atoms with Crippen LogP contribution in [0.5, 0.6) is 0 Å². The molecule has 1 heterocycles. The van der Waals surface area contributed by atoms with E-state index < -0.39 is 6.03 Å². The summed E-state index contributed by atoms with van der Waals surface area (Å²) in [5.74, 6) is 0. The molecular formula is C7H6N4OS. The number of primary amides is 1. The molecule has 13 heavy (non-hydrogen) atoms. The van der Waals surface area contributed by atoms with E-state index >= 15 is 0 Å². The van der Waals surface area contributed by atoms with Crippen molar-refractivity contribution in [2.45, 2.75) is 0 Å². The Bertz CT molecular complexity index is 376. The monoisotopic (exact) mass is 194 g/mol. The number of carbonyl (C=O) groups excluding carboxylic acids is 1. The highest BCUT2D eigenvalue weighted by Crippen LogP contribution is 2.12. The number of nitrogens with zero attached hydrogens (tertiary/aromatic N) is 2. The minimum Gasteiger partial charge on any atom is -0.350 e. The van der Waals surface area contributed by atoms with Gasteiger partial charge in [-0.25, -0.2) is 10.2 Å². The second kappa shape index (κ2) is 4.23. The molecule has 0 radical (unpaired) electrons. The highest BCUT2D eigenvalue weighted by molar-refractivity contribution is 7.14. The van der Waals surface area contributed by atoms with Gasteiger partial charge in [0.1, 0.15) is 10.9 Å². The molecule has 66 valence electrons. The van der Waals surface area contributed by atoms with Crippen LogP contribution in [0.3, 0.4) is 0 Å². The maximum Gasteiger partial charge on any atom is 0.332 e. The van der Waals surface area contributed by atoms with Crippen molar-refractivity contribution >= 4 is 23.6 Å². The van der Waals surface area contributed by atoms with Gasteiger partial charge in [0, 0.05) is 4.88 Å². The predicted octanol–water partition coefficient (Wildman–Crippen LogP) is 0.622. The largest absolute Gasteiger partial charge is 0.350 e. The number of hydrogen-bond donors (Lipinski definition) is 2. The molecule has 2 amide bonds. The van der Waals surface area contributed by atoms with Crippen molar-refractivity contribution in [1.29, 1.82) is 5.26 Å². The third-order valence-corrected chi connectivity index (χ3v) is 2.03. The first kappa shape index (κ1) is 9.22. The third kappa shape index (κ3) is 2.92. The van der Waals surface area contributed by atoms with E-state index in [1.54, 1.807) is 12.1 Å². The van der Waals surface area contributed by atoms with Crippen molar-refractivity contribution in [3.05, 3.63) is 21.9 Å². The number of thiophene rings is 1. The first-order valence-electron chi connectivity index (χ1n) is 3.31. The van der Waals surface area contributed by atoms with Crippen molar-refractivity contribution in [3.8, 4) is 6.07 Å². The van der Waals surface area contributed by atoms with E-state index in [1.165, 1.54) is 17.6 Å². The zero-order valence-electron chi connectivity index (χ0n) is 6.52. The number of rotatable bonds is 2. The molecule has 0 spiro atoms. The summed E-state index contributed by atoms with van der Waals surface area (Å²) in [6.45, 7) is 0. The van der Waals surface area contributed by atoms with Crippen molar-refractivity contribution < 1.29 is 4.79 Å². The van der Waals surface area contributed by atoms with Crippen LogP contribution in [-0.2, 0) is 0 Å². The first-order chi connectivity index (χ1) is 6.22. The number of nitriles is 1. The number of nitrogens with one attached hydrogen (secondary N) is 1. The zero-order valence-corrected chi connectivity index (χ0v) is 7.34. The van der Waals surface area contributed by atoms with Gasteiger partial charge in [0.25, 0.3) is 0 Å².